The van der Waals surface area contributed by atoms with E-state index in [0.29, 0.717) is 6.04 Å². The van der Waals surface area contributed by atoms with E-state index >= 15 is 0 Å². The Labute approximate surface area is 125 Å². The SMILES string of the molecule is CCCCC(CC)CC(NCCC)c1cnn(C)c1C. The first-order chi connectivity index (χ1) is 9.63. The Morgan fingerprint density at radius 2 is 2.00 bits per heavy atom. The van der Waals surface area contributed by atoms with Crippen molar-refractivity contribution in [3.63, 3.8) is 0 Å². The van der Waals surface area contributed by atoms with Crippen LogP contribution in [0.25, 0.3) is 0 Å². The number of unbranched alkanes of at least 4 members (excludes halogenated alkanes) is 1. The van der Waals surface area contributed by atoms with Crippen molar-refractivity contribution in [2.24, 2.45) is 13.0 Å². The van der Waals surface area contributed by atoms with Crippen LogP contribution >= 0.6 is 0 Å². The summed E-state index contributed by atoms with van der Waals surface area (Å²) in [5, 5.41) is 8.14. The second-order valence-electron chi connectivity index (χ2n) is 5.97. The summed E-state index contributed by atoms with van der Waals surface area (Å²) in [6.07, 6.45) is 9.76. The Morgan fingerprint density at radius 3 is 2.50 bits per heavy atom. The monoisotopic (exact) mass is 279 g/mol. The number of aromatic nitrogens is 2. The van der Waals surface area contributed by atoms with Crippen molar-refractivity contribution < 1.29 is 0 Å². The van der Waals surface area contributed by atoms with Gasteiger partial charge in [0.25, 0.3) is 0 Å². The number of rotatable bonds is 10. The van der Waals surface area contributed by atoms with Gasteiger partial charge in [0.1, 0.15) is 0 Å². The summed E-state index contributed by atoms with van der Waals surface area (Å²) in [5.74, 6) is 0.823. The van der Waals surface area contributed by atoms with Gasteiger partial charge in [0.2, 0.25) is 0 Å². The molecule has 3 nitrogen and oxygen atoms in total. The molecule has 0 amide bonds. The molecule has 0 aliphatic rings. The maximum absolute atomic E-state index is 4.42. The predicted molar refractivity (Wildman–Crippen MR) is 86.9 cm³/mol. The normalized spacial score (nSPS) is 14.4. The zero-order chi connectivity index (χ0) is 15.0. The zero-order valence-corrected chi connectivity index (χ0v) is 14.1. The molecule has 0 bridgehead atoms. The van der Waals surface area contributed by atoms with Crippen LogP contribution in [-0.4, -0.2) is 16.3 Å². The molecule has 116 valence electrons. The molecule has 0 aliphatic carbocycles. The van der Waals surface area contributed by atoms with Gasteiger partial charge in [-0.05, 0) is 32.2 Å². The lowest BCUT2D eigenvalue weighted by Gasteiger charge is -2.24. The molecular weight excluding hydrogens is 246 g/mol. The third-order valence-electron chi connectivity index (χ3n) is 4.40. The Bertz CT molecular complexity index is 370. The molecule has 20 heavy (non-hydrogen) atoms. The fourth-order valence-electron chi connectivity index (χ4n) is 2.81. The number of nitrogens with zero attached hydrogens (tertiary/aromatic N) is 2. The number of aryl methyl sites for hydroxylation is 1. The molecule has 0 spiro atoms. The van der Waals surface area contributed by atoms with E-state index in [0.717, 1.165) is 12.5 Å². The fourth-order valence-corrected chi connectivity index (χ4v) is 2.81. The molecule has 0 fully saturated rings. The van der Waals surface area contributed by atoms with E-state index in [9.17, 15) is 0 Å². The summed E-state index contributed by atoms with van der Waals surface area (Å²) in [4.78, 5) is 0. The highest BCUT2D eigenvalue weighted by molar-refractivity contribution is 5.20. The largest absolute Gasteiger partial charge is 0.310 e. The van der Waals surface area contributed by atoms with E-state index in [1.54, 1.807) is 0 Å². The van der Waals surface area contributed by atoms with Gasteiger partial charge in [-0.3, -0.25) is 4.68 Å². The van der Waals surface area contributed by atoms with E-state index in [2.05, 4.69) is 44.3 Å². The van der Waals surface area contributed by atoms with Gasteiger partial charge in [0, 0.05) is 24.3 Å². The van der Waals surface area contributed by atoms with Gasteiger partial charge in [-0.25, -0.2) is 0 Å². The minimum atomic E-state index is 0.463. The molecule has 0 radical (unpaired) electrons. The fraction of sp³-hybridized carbons (Fsp3) is 0.824. The van der Waals surface area contributed by atoms with Crippen LogP contribution in [0, 0.1) is 12.8 Å². The number of nitrogens with one attached hydrogen (secondary N) is 1. The van der Waals surface area contributed by atoms with Gasteiger partial charge in [0.15, 0.2) is 0 Å². The van der Waals surface area contributed by atoms with Crippen LogP contribution in [0.1, 0.15) is 76.6 Å². The van der Waals surface area contributed by atoms with E-state index in [1.807, 2.05) is 11.7 Å². The first-order valence-electron chi connectivity index (χ1n) is 8.35. The Morgan fingerprint density at radius 1 is 1.25 bits per heavy atom. The van der Waals surface area contributed by atoms with E-state index in [4.69, 9.17) is 0 Å². The highest BCUT2D eigenvalue weighted by atomic mass is 15.3. The van der Waals surface area contributed by atoms with Gasteiger partial charge in [-0.15, -0.1) is 0 Å². The van der Waals surface area contributed by atoms with Gasteiger partial charge >= 0.3 is 0 Å². The Kier molecular flexibility index (Phi) is 7.90. The lowest BCUT2D eigenvalue weighted by molar-refractivity contribution is 0.353. The molecule has 0 saturated carbocycles. The highest BCUT2D eigenvalue weighted by Gasteiger charge is 2.19. The van der Waals surface area contributed by atoms with Crippen molar-refractivity contribution in [3.05, 3.63) is 17.5 Å². The van der Waals surface area contributed by atoms with E-state index in [-0.39, 0.29) is 0 Å². The third-order valence-corrected chi connectivity index (χ3v) is 4.40. The zero-order valence-electron chi connectivity index (χ0n) is 14.1. The minimum absolute atomic E-state index is 0.463. The van der Waals surface area contributed by atoms with Gasteiger partial charge < -0.3 is 5.32 Å². The average Bonchev–Trinajstić information content (AvgIpc) is 2.79. The van der Waals surface area contributed by atoms with Crippen LogP contribution < -0.4 is 5.32 Å². The average molecular weight is 279 g/mol. The van der Waals surface area contributed by atoms with E-state index < -0.39 is 0 Å². The summed E-state index contributed by atoms with van der Waals surface area (Å²) < 4.78 is 1.99. The van der Waals surface area contributed by atoms with E-state index in [1.165, 1.54) is 49.8 Å². The van der Waals surface area contributed by atoms with Crippen molar-refractivity contribution in [3.8, 4) is 0 Å². The molecule has 0 aliphatic heterocycles. The quantitative estimate of drug-likeness (QED) is 0.689. The topological polar surface area (TPSA) is 29.9 Å². The summed E-state index contributed by atoms with van der Waals surface area (Å²) >= 11 is 0. The van der Waals surface area contributed by atoms with Crippen molar-refractivity contribution in [1.82, 2.24) is 15.1 Å². The van der Waals surface area contributed by atoms with Crippen LogP contribution in [0.2, 0.25) is 0 Å². The van der Waals surface area contributed by atoms with Gasteiger partial charge in [-0.1, -0.05) is 46.5 Å². The van der Waals surface area contributed by atoms with Crippen molar-refractivity contribution in [2.45, 2.75) is 72.3 Å². The third kappa shape index (κ3) is 4.93. The van der Waals surface area contributed by atoms with Gasteiger partial charge in [0.05, 0.1) is 6.20 Å². The minimum Gasteiger partial charge on any atom is -0.310 e. The predicted octanol–water partition coefficient (Wildman–Crippen LogP) is 4.38. The highest BCUT2D eigenvalue weighted by Crippen LogP contribution is 2.28. The summed E-state index contributed by atoms with van der Waals surface area (Å²) in [6.45, 7) is 10.1. The van der Waals surface area contributed by atoms with Crippen LogP contribution in [0.3, 0.4) is 0 Å². The molecule has 1 heterocycles. The van der Waals surface area contributed by atoms with Crippen molar-refractivity contribution in [1.29, 1.82) is 0 Å². The Hall–Kier alpha value is -0.830. The molecule has 1 rings (SSSR count). The van der Waals surface area contributed by atoms with Crippen LogP contribution in [0.15, 0.2) is 6.20 Å². The van der Waals surface area contributed by atoms with Crippen molar-refractivity contribution in [2.75, 3.05) is 6.54 Å². The first-order valence-corrected chi connectivity index (χ1v) is 8.35. The molecule has 1 aromatic heterocycles. The number of hydrogen-bond donors (Lipinski definition) is 1. The first kappa shape index (κ1) is 17.2. The Balaban J connectivity index is 2.75. The summed E-state index contributed by atoms with van der Waals surface area (Å²) in [5.41, 5.74) is 2.68. The molecular formula is C17H33N3. The lowest BCUT2D eigenvalue weighted by Crippen LogP contribution is -2.25. The lowest BCUT2D eigenvalue weighted by atomic mass is 9.89. The second-order valence-corrected chi connectivity index (χ2v) is 5.97. The summed E-state index contributed by atoms with van der Waals surface area (Å²) in [7, 11) is 2.03. The summed E-state index contributed by atoms with van der Waals surface area (Å²) in [6, 6.07) is 0.463. The second kappa shape index (κ2) is 9.17. The van der Waals surface area contributed by atoms with Crippen molar-refractivity contribution >= 4 is 0 Å². The molecule has 2 unspecified atom stereocenters. The molecule has 1 aromatic rings. The van der Waals surface area contributed by atoms with Gasteiger partial charge in [-0.2, -0.15) is 5.10 Å². The molecule has 0 saturated heterocycles. The smallest absolute Gasteiger partial charge is 0.0540 e. The maximum atomic E-state index is 4.42. The molecule has 1 N–H and O–H groups in total. The van der Waals surface area contributed by atoms with Crippen LogP contribution in [-0.2, 0) is 7.05 Å². The molecule has 3 heteroatoms. The number of hydrogen-bond acceptors (Lipinski definition) is 2. The molecule has 0 aromatic carbocycles. The van der Waals surface area contributed by atoms with Crippen LogP contribution in [0.5, 0.6) is 0 Å². The molecule has 2 atom stereocenters. The van der Waals surface area contributed by atoms with Crippen LogP contribution in [0.4, 0.5) is 0 Å². The standard InChI is InChI=1S/C17H33N3/c1-6-9-10-15(8-3)12-17(18-11-7-2)16-13-19-20(5)14(16)4/h13,15,17-18H,6-12H2,1-5H3. The maximum Gasteiger partial charge on any atom is 0.0540 e.